The van der Waals surface area contributed by atoms with Gasteiger partial charge in [-0.15, -0.1) is 0 Å². The summed E-state index contributed by atoms with van der Waals surface area (Å²) in [5.74, 6) is 0. The second-order valence-corrected chi connectivity index (χ2v) is 11.7. The van der Waals surface area contributed by atoms with E-state index in [2.05, 4.69) is 73.7 Å². The predicted molar refractivity (Wildman–Crippen MR) is 157 cm³/mol. The van der Waals surface area contributed by atoms with Crippen LogP contribution in [0.15, 0.2) is 109 Å². The Hall–Kier alpha value is -4.11. The molecule has 0 N–H and O–H groups in total. The number of alkyl halides is 3. The highest BCUT2D eigenvalue weighted by Gasteiger charge is 2.58. The van der Waals surface area contributed by atoms with Gasteiger partial charge in [-0.2, -0.15) is 13.2 Å². The van der Waals surface area contributed by atoms with Crippen LogP contribution in [0.1, 0.15) is 47.2 Å². The molecule has 7 rings (SSSR count). The molecular weight excluding hydrogens is 501 g/mol. The van der Waals surface area contributed by atoms with Gasteiger partial charge in [-0.05, 0) is 99.2 Å². The maximum Gasteiger partial charge on any atom is 0.402 e. The first-order valence-electron chi connectivity index (χ1n) is 13.7. The van der Waals surface area contributed by atoms with Crippen molar-refractivity contribution >= 4 is 0 Å². The van der Waals surface area contributed by atoms with Crippen molar-refractivity contribution in [2.24, 2.45) is 0 Å². The fraction of sp³-hybridized carbons (Fsp3) is 0.189. The zero-order chi connectivity index (χ0) is 27.9. The predicted octanol–water partition coefficient (Wildman–Crippen LogP) is 10.0. The van der Waals surface area contributed by atoms with Gasteiger partial charge in [0.2, 0.25) is 0 Å². The smallest absolute Gasteiger partial charge is 0.170 e. The summed E-state index contributed by atoms with van der Waals surface area (Å²) in [5.41, 5.74) is 8.66. The highest BCUT2D eigenvalue weighted by Crippen LogP contribution is 2.58. The molecule has 198 valence electrons. The van der Waals surface area contributed by atoms with Crippen LogP contribution in [0.5, 0.6) is 0 Å². The SMILES string of the molecule is Cc1cc2c(cc1-c1ccc3c(c1)C(C)(Cc1ccccc1)c1ccccc1-3)C(C)(C(F)(F)F)c1ccccc1-2. The number of halogens is 3. The van der Waals surface area contributed by atoms with Crippen molar-refractivity contribution < 1.29 is 13.2 Å². The molecule has 0 saturated heterocycles. The first-order chi connectivity index (χ1) is 19.1. The zero-order valence-electron chi connectivity index (χ0n) is 22.7. The van der Waals surface area contributed by atoms with Crippen molar-refractivity contribution in [1.82, 2.24) is 0 Å². The van der Waals surface area contributed by atoms with E-state index in [9.17, 15) is 13.2 Å². The molecule has 3 heteroatoms. The molecule has 0 nitrogen and oxygen atoms in total. The van der Waals surface area contributed by atoms with Gasteiger partial charge in [0.1, 0.15) is 5.41 Å². The van der Waals surface area contributed by atoms with E-state index in [0.717, 1.165) is 23.1 Å². The Labute approximate surface area is 233 Å². The van der Waals surface area contributed by atoms with Crippen LogP contribution in [0.2, 0.25) is 0 Å². The van der Waals surface area contributed by atoms with Crippen molar-refractivity contribution in [2.45, 2.75) is 44.2 Å². The molecule has 0 heterocycles. The first kappa shape index (κ1) is 24.9. The number of benzene rings is 5. The van der Waals surface area contributed by atoms with Crippen LogP contribution in [0, 0.1) is 6.92 Å². The Morgan fingerprint density at radius 2 is 1.15 bits per heavy atom. The van der Waals surface area contributed by atoms with E-state index >= 15 is 0 Å². The molecule has 2 unspecified atom stereocenters. The summed E-state index contributed by atoms with van der Waals surface area (Å²) in [4.78, 5) is 0. The molecule has 0 bridgehead atoms. The van der Waals surface area contributed by atoms with E-state index in [-0.39, 0.29) is 5.41 Å². The zero-order valence-corrected chi connectivity index (χ0v) is 22.7. The second-order valence-electron chi connectivity index (χ2n) is 11.7. The van der Waals surface area contributed by atoms with Gasteiger partial charge in [-0.3, -0.25) is 0 Å². The van der Waals surface area contributed by atoms with E-state index in [4.69, 9.17) is 0 Å². The summed E-state index contributed by atoms with van der Waals surface area (Å²) in [6, 6.07) is 36.2. The molecular formula is C37H29F3. The topological polar surface area (TPSA) is 0 Å². The van der Waals surface area contributed by atoms with Crippen LogP contribution >= 0.6 is 0 Å². The van der Waals surface area contributed by atoms with E-state index in [1.54, 1.807) is 18.2 Å². The normalized spacial score (nSPS) is 20.6. The van der Waals surface area contributed by atoms with Gasteiger partial charge in [0.05, 0.1) is 0 Å². The van der Waals surface area contributed by atoms with Crippen LogP contribution in [-0.4, -0.2) is 6.18 Å². The molecule has 2 aliphatic rings. The summed E-state index contributed by atoms with van der Waals surface area (Å²) >= 11 is 0. The molecule has 0 amide bonds. The lowest BCUT2D eigenvalue weighted by Crippen LogP contribution is -2.38. The van der Waals surface area contributed by atoms with Crippen LogP contribution < -0.4 is 0 Å². The van der Waals surface area contributed by atoms with Crippen molar-refractivity contribution in [3.63, 3.8) is 0 Å². The third-order valence-electron chi connectivity index (χ3n) is 9.36. The lowest BCUT2D eigenvalue weighted by molar-refractivity contribution is -0.172. The molecule has 5 aromatic rings. The molecule has 40 heavy (non-hydrogen) atoms. The summed E-state index contributed by atoms with van der Waals surface area (Å²) in [6.07, 6.45) is -3.58. The molecule has 0 aromatic heterocycles. The highest BCUT2D eigenvalue weighted by molar-refractivity contribution is 5.88. The summed E-state index contributed by atoms with van der Waals surface area (Å²) < 4.78 is 44.3. The van der Waals surface area contributed by atoms with E-state index in [1.807, 2.05) is 31.2 Å². The fourth-order valence-corrected chi connectivity index (χ4v) is 7.20. The summed E-state index contributed by atoms with van der Waals surface area (Å²) in [7, 11) is 0. The largest absolute Gasteiger partial charge is 0.402 e. The summed E-state index contributed by atoms with van der Waals surface area (Å²) in [5, 5.41) is 0. The van der Waals surface area contributed by atoms with Crippen LogP contribution in [0.3, 0.4) is 0 Å². The van der Waals surface area contributed by atoms with Gasteiger partial charge in [-0.25, -0.2) is 0 Å². The molecule has 5 aromatic carbocycles. The van der Waals surface area contributed by atoms with E-state index in [0.29, 0.717) is 22.3 Å². The number of rotatable bonds is 3. The van der Waals surface area contributed by atoms with Gasteiger partial charge in [0.25, 0.3) is 0 Å². The quantitative estimate of drug-likeness (QED) is 0.218. The number of aryl methyl sites for hydroxylation is 1. The lowest BCUT2D eigenvalue weighted by atomic mass is 9.74. The third kappa shape index (κ3) is 3.33. The monoisotopic (exact) mass is 530 g/mol. The average Bonchev–Trinajstić information content (AvgIpc) is 3.35. The first-order valence-corrected chi connectivity index (χ1v) is 13.7. The lowest BCUT2D eigenvalue weighted by Gasteiger charge is -2.30. The van der Waals surface area contributed by atoms with Crippen molar-refractivity contribution in [3.05, 3.63) is 143 Å². The Morgan fingerprint density at radius 1 is 0.550 bits per heavy atom. The van der Waals surface area contributed by atoms with Crippen molar-refractivity contribution in [3.8, 4) is 33.4 Å². The maximum atomic E-state index is 14.8. The minimum atomic E-state index is -4.42. The second kappa shape index (κ2) is 8.44. The van der Waals surface area contributed by atoms with Crippen molar-refractivity contribution in [2.75, 3.05) is 0 Å². The van der Waals surface area contributed by atoms with Crippen LogP contribution in [-0.2, 0) is 17.3 Å². The standard InChI is InChI=1S/C37H29F3/c1-23-19-30-27-14-8-10-16-32(27)36(3,37(38,39)40)34(30)21-29(23)25-17-18-28-26-13-7-9-15-31(26)35(2,33(28)20-25)22-24-11-5-4-6-12-24/h4-21H,22H2,1-3H3. The molecule has 0 spiro atoms. The Balaban J connectivity index is 1.42. The molecule has 0 saturated carbocycles. The fourth-order valence-electron chi connectivity index (χ4n) is 7.20. The van der Waals surface area contributed by atoms with E-state index < -0.39 is 11.6 Å². The molecule has 2 atom stereocenters. The average molecular weight is 531 g/mol. The van der Waals surface area contributed by atoms with Crippen LogP contribution in [0.4, 0.5) is 13.2 Å². The van der Waals surface area contributed by atoms with Gasteiger partial charge in [-0.1, -0.05) is 104 Å². The number of hydrogen-bond donors (Lipinski definition) is 0. The van der Waals surface area contributed by atoms with E-state index in [1.165, 1.54) is 34.7 Å². The Morgan fingerprint density at radius 3 is 1.85 bits per heavy atom. The number of hydrogen-bond acceptors (Lipinski definition) is 0. The maximum absolute atomic E-state index is 14.8. The Kier molecular flexibility index (Phi) is 5.26. The third-order valence-corrected chi connectivity index (χ3v) is 9.36. The molecule has 2 aliphatic carbocycles. The van der Waals surface area contributed by atoms with Gasteiger partial charge in [0.15, 0.2) is 0 Å². The Bertz CT molecular complexity index is 1800. The molecule has 0 aliphatic heterocycles. The van der Waals surface area contributed by atoms with Gasteiger partial charge < -0.3 is 0 Å². The van der Waals surface area contributed by atoms with Gasteiger partial charge in [0, 0.05) is 5.41 Å². The molecule has 0 radical (unpaired) electrons. The highest BCUT2D eigenvalue weighted by atomic mass is 19.4. The van der Waals surface area contributed by atoms with Crippen molar-refractivity contribution in [1.29, 1.82) is 0 Å². The summed E-state index contributed by atoms with van der Waals surface area (Å²) in [6.45, 7) is 5.63. The number of fused-ring (bicyclic) bond motifs is 6. The minimum Gasteiger partial charge on any atom is -0.170 e. The van der Waals surface area contributed by atoms with Gasteiger partial charge >= 0.3 is 6.18 Å². The minimum absolute atomic E-state index is 0.259. The van der Waals surface area contributed by atoms with Crippen LogP contribution in [0.25, 0.3) is 33.4 Å². The molecule has 0 fully saturated rings.